The van der Waals surface area contributed by atoms with E-state index in [0.717, 1.165) is 13.0 Å². The van der Waals surface area contributed by atoms with Gasteiger partial charge < -0.3 is 4.74 Å². The van der Waals surface area contributed by atoms with E-state index in [1.807, 2.05) is 0 Å². The maximum absolute atomic E-state index is 5.60. The van der Waals surface area contributed by atoms with Gasteiger partial charge >= 0.3 is 0 Å². The van der Waals surface area contributed by atoms with E-state index in [0.29, 0.717) is 18.2 Å². The molecule has 0 N–H and O–H groups in total. The number of ether oxygens (including phenoxy) is 1. The molecule has 1 aliphatic carbocycles. The Morgan fingerprint density at radius 3 is 3.00 bits per heavy atom. The highest BCUT2D eigenvalue weighted by Gasteiger charge is 2.46. The molecule has 0 amide bonds. The Morgan fingerprint density at radius 2 is 2.12 bits per heavy atom. The summed E-state index contributed by atoms with van der Waals surface area (Å²) < 4.78 is 5.60. The lowest BCUT2D eigenvalue weighted by molar-refractivity contribution is 0.388. The van der Waals surface area contributed by atoms with Crippen LogP contribution in [0.5, 0.6) is 0 Å². The van der Waals surface area contributed by atoms with E-state index >= 15 is 0 Å². The van der Waals surface area contributed by atoms with E-state index in [1.54, 1.807) is 0 Å². The summed E-state index contributed by atoms with van der Waals surface area (Å²) in [6.45, 7) is 1.06. The van der Waals surface area contributed by atoms with Crippen molar-refractivity contribution >= 4 is 5.71 Å². The predicted octanol–water partition coefficient (Wildman–Crippen LogP) is 2.35. The van der Waals surface area contributed by atoms with Crippen LogP contribution in [0.15, 0.2) is 35.4 Å². The topological polar surface area (TPSA) is 27.9 Å². The molecule has 3 fully saturated rings. The van der Waals surface area contributed by atoms with Crippen LogP contribution in [0, 0.1) is 0 Å². The first kappa shape index (κ1) is 9.66. The molecule has 2 heterocycles. The number of benzene rings is 1. The third-order valence-electron chi connectivity index (χ3n) is 3.86. The highest BCUT2D eigenvalue weighted by Crippen LogP contribution is 2.39. The van der Waals surface area contributed by atoms with Gasteiger partial charge in [-0.1, -0.05) is 30.3 Å². The molecule has 1 aromatic carbocycles. The van der Waals surface area contributed by atoms with Crippen LogP contribution >= 0.6 is 0 Å². The summed E-state index contributed by atoms with van der Waals surface area (Å²) in [6.07, 6.45) is 4.45. The maximum atomic E-state index is 5.60. The summed E-state index contributed by atoms with van der Waals surface area (Å²) in [7, 11) is 0. The first-order valence-corrected chi connectivity index (χ1v) is 6.46. The number of fused-ring (bicyclic) bond motifs is 1. The van der Waals surface area contributed by atoms with Gasteiger partial charge in [-0.05, 0) is 24.8 Å². The maximum Gasteiger partial charge on any atom is 0.124 e. The molecule has 2 saturated heterocycles. The van der Waals surface area contributed by atoms with Crippen molar-refractivity contribution in [3.05, 3.63) is 35.9 Å². The van der Waals surface area contributed by atoms with Gasteiger partial charge in [0.05, 0.1) is 24.4 Å². The van der Waals surface area contributed by atoms with Gasteiger partial charge in [0.1, 0.15) is 6.10 Å². The highest BCUT2D eigenvalue weighted by atomic mass is 16.6. The molecule has 3 unspecified atom stereocenters. The number of rotatable bonds is 2. The Hall–Kier alpha value is -1.35. The van der Waals surface area contributed by atoms with E-state index < -0.39 is 0 Å². The Morgan fingerprint density at radius 1 is 1.24 bits per heavy atom. The fourth-order valence-electron chi connectivity index (χ4n) is 2.75. The minimum Gasteiger partial charge on any atom is -0.363 e. The molecule has 1 saturated carbocycles. The predicted molar refractivity (Wildman–Crippen MR) is 65.8 cm³/mol. The Labute approximate surface area is 101 Å². The lowest BCUT2D eigenvalue weighted by atomic mass is 9.99. The molecular formula is C14H16N2O. The van der Waals surface area contributed by atoms with Crippen molar-refractivity contribution in [1.29, 1.82) is 0 Å². The van der Waals surface area contributed by atoms with E-state index in [4.69, 9.17) is 9.84 Å². The van der Waals surface area contributed by atoms with Crippen molar-refractivity contribution in [3.8, 4) is 0 Å². The van der Waals surface area contributed by atoms with Crippen LogP contribution in [0.25, 0.3) is 0 Å². The number of nitrogens with zero attached hydrogens (tertiary/aromatic N) is 2. The second-order valence-electron chi connectivity index (χ2n) is 5.13. The van der Waals surface area contributed by atoms with Crippen LogP contribution in [0.3, 0.4) is 0 Å². The zero-order valence-electron chi connectivity index (χ0n) is 9.75. The summed E-state index contributed by atoms with van der Waals surface area (Å²) in [5, 5.41) is 6.94. The van der Waals surface area contributed by atoms with Gasteiger partial charge in [0.2, 0.25) is 0 Å². The molecular weight excluding hydrogens is 212 g/mol. The quantitative estimate of drug-likeness (QED) is 0.727. The highest BCUT2D eigenvalue weighted by molar-refractivity contribution is 5.92. The normalized spacial score (nSPS) is 36.8. The van der Waals surface area contributed by atoms with Gasteiger partial charge in [0, 0.05) is 0 Å². The molecule has 3 nitrogen and oxygen atoms in total. The van der Waals surface area contributed by atoms with E-state index in [1.165, 1.54) is 24.1 Å². The van der Waals surface area contributed by atoms with E-state index in [9.17, 15) is 0 Å². The van der Waals surface area contributed by atoms with Gasteiger partial charge in [0.15, 0.2) is 0 Å². The zero-order chi connectivity index (χ0) is 11.2. The van der Waals surface area contributed by atoms with Crippen molar-refractivity contribution in [2.24, 2.45) is 5.10 Å². The molecule has 17 heavy (non-hydrogen) atoms. The first-order chi connectivity index (χ1) is 8.42. The standard InChI is InChI=1S/C14H16N2O/c1-2-5-10(6-3-1)12-9-16(12)15-11-7-4-8-13-14(11)17-13/h1-3,5-6,12-14H,4,7-9H2/b15-11-. The van der Waals surface area contributed by atoms with Gasteiger partial charge in [-0.3, -0.25) is 5.01 Å². The van der Waals surface area contributed by atoms with Crippen molar-refractivity contribution < 1.29 is 4.74 Å². The number of hydrazone groups is 1. The molecule has 0 aromatic heterocycles. The number of hydrogen-bond donors (Lipinski definition) is 0. The fourth-order valence-corrected chi connectivity index (χ4v) is 2.75. The van der Waals surface area contributed by atoms with Crippen LogP contribution in [-0.4, -0.2) is 29.5 Å². The SMILES string of the molecule is c1ccc(C2CN2/N=C2/CCCC3OC23)cc1. The summed E-state index contributed by atoms with van der Waals surface area (Å²) in [5.74, 6) is 0. The summed E-state index contributed by atoms with van der Waals surface area (Å²) in [5.41, 5.74) is 2.65. The van der Waals surface area contributed by atoms with Crippen LogP contribution in [0.4, 0.5) is 0 Å². The Kier molecular flexibility index (Phi) is 2.03. The minimum atomic E-state index is 0.362. The van der Waals surface area contributed by atoms with Crippen molar-refractivity contribution in [3.63, 3.8) is 0 Å². The van der Waals surface area contributed by atoms with Crippen molar-refractivity contribution in [2.45, 2.75) is 37.5 Å². The lowest BCUT2D eigenvalue weighted by Gasteiger charge is -2.08. The lowest BCUT2D eigenvalue weighted by Crippen LogP contribution is -2.17. The molecule has 3 heteroatoms. The summed E-state index contributed by atoms with van der Waals surface area (Å²) in [4.78, 5) is 0. The molecule has 3 aliphatic rings. The Bertz CT molecular complexity index is 457. The summed E-state index contributed by atoms with van der Waals surface area (Å²) in [6, 6.07) is 11.1. The van der Waals surface area contributed by atoms with Crippen molar-refractivity contribution in [2.75, 3.05) is 6.54 Å². The molecule has 1 aromatic rings. The van der Waals surface area contributed by atoms with E-state index in [-0.39, 0.29) is 0 Å². The van der Waals surface area contributed by atoms with Crippen LogP contribution in [0.2, 0.25) is 0 Å². The monoisotopic (exact) mass is 228 g/mol. The molecule has 3 atom stereocenters. The third-order valence-corrected chi connectivity index (χ3v) is 3.86. The molecule has 88 valence electrons. The number of hydrogen-bond acceptors (Lipinski definition) is 3. The fraction of sp³-hybridized carbons (Fsp3) is 0.500. The first-order valence-electron chi connectivity index (χ1n) is 6.46. The molecule has 0 bridgehead atoms. The van der Waals surface area contributed by atoms with Gasteiger partial charge in [-0.15, -0.1) is 0 Å². The van der Waals surface area contributed by atoms with E-state index in [2.05, 4.69) is 35.3 Å². The average Bonchev–Trinajstić information content (AvgIpc) is 3.24. The number of epoxide rings is 1. The van der Waals surface area contributed by atoms with Gasteiger partial charge in [-0.25, -0.2) is 0 Å². The minimum absolute atomic E-state index is 0.362. The third kappa shape index (κ3) is 1.75. The average molecular weight is 228 g/mol. The molecule has 2 aliphatic heterocycles. The second-order valence-corrected chi connectivity index (χ2v) is 5.13. The summed E-state index contributed by atoms with van der Waals surface area (Å²) >= 11 is 0. The van der Waals surface area contributed by atoms with Crippen molar-refractivity contribution in [1.82, 2.24) is 5.01 Å². The van der Waals surface area contributed by atoms with Crippen LogP contribution in [-0.2, 0) is 4.74 Å². The second kappa shape index (κ2) is 3.57. The molecule has 0 radical (unpaired) electrons. The van der Waals surface area contributed by atoms with Crippen LogP contribution < -0.4 is 0 Å². The van der Waals surface area contributed by atoms with Gasteiger partial charge in [-0.2, -0.15) is 5.10 Å². The van der Waals surface area contributed by atoms with Crippen LogP contribution in [0.1, 0.15) is 30.9 Å². The Balaban J connectivity index is 1.47. The molecule has 4 rings (SSSR count). The smallest absolute Gasteiger partial charge is 0.124 e. The molecule has 0 spiro atoms. The zero-order valence-corrected chi connectivity index (χ0v) is 9.75. The van der Waals surface area contributed by atoms with Gasteiger partial charge in [0.25, 0.3) is 0 Å². The largest absolute Gasteiger partial charge is 0.363 e.